The van der Waals surface area contributed by atoms with Crippen molar-refractivity contribution in [1.82, 2.24) is 19.7 Å². The van der Waals surface area contributed by atoms with Crippen LogP contribution in [0, 0.1) is 0 Å². The lowest BCUT2D eigenvalue weighted by Gasteiger charge is -2.08. The second-order valence-electron chi connectivity index (χ2n) is 4.57. The maximum atomic E-state index is 12.4. The van der Waals surface area contributed by atoms with E-state index < -0.39 is 32.7 Å². The predicted molar refractivity (Wildman–Crippen MR) is 75.3 cm³/mol. The zero-order valence-electron chi connectivity index (χ0n) is 12.2. The van der Waals surface area contributed by atoms with Gasteiger partial charge in [-0.25, -0.2) is 19.7 Å². The number of hydrogen-bond donors (Lipinski definition) is 1. The van der Waals surface area contributed by atoms with Crippen LogP contribution in [0.5, 0.6) is 0 Å². The normalized spacial score (nSPS) is 12.0. The molecule has 0 atom stereocenters. The maximum absolute atomic E-state index is 12.4. The van der Waals surface area contributed by atoms with Crippen molar-refractivity contribution in [1.29, 1.82) is 0 Å². The molecule has 0 bridgehead atoms. The third-order valence-corrected chi connectivity index (χ3v) is 4.13. The van der Waals surface area contributed by atoms with E-state index in [4.69, 9.17) is 0 Å². The highest BCUT2D eigenvalue weighted by molar-refractivity contribution is 7.90. The summed E-state index contributed by atoms with van der Waals surface area (Å²) in [6.45, 7) is 1.78. The van der Waals surface area contributed by atoms with Gasteiger partial charge in [-0.2, -0.15) is 21.6 Å². The largest absolute Gasteiger partial charge is 0.417 e. The summed E-state index contributed by atoms with van der Waals surface area (Å²) < 4.78 is 63.1. The molecule has 2 rings (SSSR count). The zero-order valence-corrected chi connectivity index (χ0v) is 13.0. The Bertz CT molecular complexity index is 852. The van der Waals surface area contributed by atoms with Crippen LogP contribution in [0.2, 0.25) is 0 Å². The van der Waals surface area contributed by atoms with Crippen molar-refractivity contribution in [2.75, 3.05) is 0 Å². The molecular formula is C13H11F3N4O3S. The van der Waals surface area contributed by atoms with Crippen molar-refractivity contribution in [3.8, 4) is 0 Å². The van der Waals surface area contributed by atoms with Gasteiger partial charge in [-0.1, -0.05) is 6.92 Å². The zero-order chi connectivity index (χ0) is 18.0. The number of pyridine rings is 1. The molecule has 0 aromatic carbocycles. The van der Waals surface area contributed by atoms with Crippen LogP contribution in [0.4, 0.5) is 13.2 Å². The second kappa shape index (κ2) is 6.51. The summed E-state index contributed by atoms with van der Waals surface area (Å²) in [7, 11) is -4.43. The molecule has 2 aromatic rings. The van der Waals surface area contributed by atoms with E-state index in [0.717, 1.165) is 6.33 Å². The van der Waals surface area contributed by atoms with E-state index in [1.807, 2.05) is 0 Å². The number of aromatic nitrogens is 3. The first kappa shape index (κ1) is 17.8. The Kier molecular flexibility index (Phi) is 4.83. The number of carbonyl (C=O) groups is 1. The fourth-order valence-corrected chi connectivity index (χ4v) is 2.54. The molecule has 24 heavy (non-hydrogen) atoms. The smallest absolute Gasteiger partial charge is 0.266 e. The van der Waals surface area contributed by atoms with Gasteiger partial charge in [0.05, 0.1) is 5.56 Å². The van der Waals surface area contributed by atoms with Crippen molar-refractivity contribution in [2.24, 2.45) is 0 Å². The molecule has 0 saturated carbocycles. The van der Waals surface area contributed by atoms with Crippen LogP contribution in [0.3, 0.4) is 0 Å². The molecular weight excluding hydrogens is 349 g/mol. The van der Waals surface area contributed by atoms with Gasteiger partial charge < -0.3 is 0 Å². The molecule has 0 fully saturated rings. The van der Waals surface area contributed by atoms with Gasteiger partial charge in [0.2, 0.25) is 0 Å². The highest BCUT2D eigenvalue weighted by Crippen LogP contribution is 2.28. The summed E-state index contributed by atoms with van der Waals surface area (Å²) >= 11 is 0. The Morgan fingerprint density at radius 3 is 2.46 bits per heavy atom. The molecule has 0 aliphatic heterocycles. The van der Waals surface area contributed by atoms with Crippen LogP contribution in [-0.2, 0) is 22.6 Å². The van der Waals surface area contributed by atoms with Crippen molar-refractivity contribution in [3.05, 3.63) is 47.7 Å². The van der Waals surface area contributed by atoms with E-state index in [-0.39, 0.29) is 5.69 Å². The molecule has 0 spiro atoms. The Morgan fingerprint density at radius 2 is 1.92 bits per heavy atom. The number of sulfonamides is 1. The Labute approximate surface area is 135 Å². The average molecular weight is 360 g/mol. The van der Waals surface area contributed by atoms with Crippen molar-refractivity contribution >= 4 is 15.9 Å². The fourth-order valence-electron chi connectivity index (χ4n) is 1.65. The fraction of sp³-hybridized carbons (Fsp3) is 0.231. The minimum atomic E-state index is -4.64. The lowest BCUT2D eigenvalue weighted by Crippen LogP contribution is -2.32. The molecule has 0 radical (unpaired) electrons. The van der Waals surface area contributed by atoms with E-state index in [0.29, 0.717) is 30.4 Å². The van der Waals surface area contributed by atoms with Gasteiger partial charge in [-0.3, -0.25) is 4.79 Å². The summed E-state index contributed by atoms with van der Waals surface area (Å²) in [6, 6.07) is 2.53. The number of rotatable bonds is 4. The van der Waals surface area contributed by atoms with E-state index in [1.54, 1.807) is 11.6 Å². The number of amides is 1. The van der Waals surface area contributed by atoms with Gasteiger partial charge in [0.25, 0.3) is 15.9 Å². The number of hydrogen-bond acceptors (Lipinski definition) is 6. The van der Waals surface area contributed by atoms with Gasteiger partial charge >= 0.3 is 6.18 Å². The molecule has 1 N–H and O–H groups in total. The molecule has 0 aliphatic carbocycles. The van der Waals surface area contributed by atoms with Gasteiger partial charge in [-0.15, -0.1) is 0 Å². The molecule has 2 heterocycles. The van der Waals surface area contributed by atoms with E-state index in [1.165, 1.54) is 6.07 Å². The molecule has 0 unspecified atom stereocenters. The summed E-state index contributed by atoms with van der Waals surface area (Å²) in [5, 5.41) is -0.714. The maximum Gasteiger partial charge on any atom is 0.417 e. The number of aryl methyl sites for hydroxylation is 1. The number of alkyl halides is 3. The van der Waals surface area contributed by atoms with Gasteiger partial charge in [-0.05, 0) is 24.6 Å². The summed E-state index contributed by atoms with van der Waals surface area (Å²) in [5.74, 6) is -1.03. The van der Waals surface area contributed by atoms with Crippen molar-refractivity contribution < 1.29 is 26.4 Å². The third kappa shape index (κ3) is 4.04. The number of carbonyl (C=O) groups excluding carboxylic acids is 1. The monoisotopic (exact) mass is 360 g/mol. The Balaban J connectivity index is 2.23. The van der Waals surface area contributed by atoms with Crippen LogP contribution in [0.25, 0.3) is 0 Å². The van der Waals surface area contributed by atoms with Crippen LogP contribution in [-0.4, -0.2) is 29.3 Å². The number of nitrogens with zero attached hydrogens (tertiary/aromatic N) is 3. The molecule has 0 aliphatic rings. The number of halogens is 3. The van der Waals surface area contributed by atoms with Crippen LogP contribution >= 0.6 is 0 Å². The molecule has 11 heteroatoms. The van der Waals surface area contributed by atoms with Gasteiger partial charge in [0, 0.05) is 11.9 Å². The standard InChI is InChI=1S/C13H11F3N4O3S/c1-2-9-5-10(19-7-18-9)12(21)20-24(22,23)11-4-3-8(6-17-11)13(14,15)16/h3-7H,2H2,1H3,(H,20,21). The number of nitrogens with one attached hydrogen (secondary N) is 1. The van der Waals surface area contributed by atoms with E-state index in [2.05, 4.69) is 15.0 Å². The first-order valence-corrected chi connectivity index (χ1v) is 8.03. The highest BCUT2D eigenvalue weighted by atomic mass is 32.2. The van der Waals surface area contributed by atoms with Crippen LogP contribution < -0.4 is 4.72 Å². The average Bonchev–Trinajstić information content (AvgIpc) is 2.54. The summed E-state index contributed by atoms with van der Waals surface area (Å²) in [4.78, 5) is 22.7. The minimum Gasteiger partial charge on any atom is -0.266 e. The third-order valence-electron chi connectivity index (χ3n) is 2.88. The first-order chi connectivity index (χ1) is 11.1. The molecule has 1 amide bonds. The topological polar surface area (TPSA) is 102 Å². The van der Waals surface area contributed by atoms with Gasteiger partial charge in [0.15, 0.2) is 5.03 Å². The minimum absolute atomic E-state index is 0.183. The summed E-state index contributed by atoms with van der Waals surface area (Å²) in [5.41, 5.74) is -0.756. The van der Waals surface area contributed by atoms with Crippen LogP contribution in [0.1, 0.15) is 28.7 Å². The lowest BCUT2D eigenvalue weighted by molar-refractivity contribution is -0.137. The molecule has 2 aromatic heterocycles. The van der Waals surface area contributed by atoms with Crippen molar-refractivity contribution in [3.63, 3.8) is 0 Å². The Morgan fingerprint density at radius 1 is 1.21 bits per heavy atom. The lowest BCUT2D eigenvalue weighted by atomic mass is 10.3. The first-order valence-electron chi connectivity index (χ1n) is 6.55. The quantitative estimate of drug-likeness (QED) is 0.888. The second-order valence-corrected chi connectivity index (χ2v) is 6.19. The van der Waals surface area contributed by atoms with Gasteiger partial charge in [0.1, 0.15) is 12.0 Å². The molecule has 0 saturated heterocycles. The Hall–Kier alpha value is -2.56. The van der Waals surface area contributed by atoms with Crippen LogP contribution in [0.15, 0.2) is 35.7 Å². The molecule has 128 valence electrons. The predicted octanol–water partition coefficient (Wildman–Crippen LogP) is 1.57. The highest BCUT2D eigenvalue weighted by Gasteiger charge is 2.31. The SMILES string of the molecule is CCc1cc(C(=O)NS(=O)(=O)c2ccc(C(F)(F)F)cn2)ncn1. The van der Waals surface area contributed by atoms with E-state index >= 15 is 0 Å². The molecule has 7 nitrogen and oxygen atoms in total. The van der Waals surface area contributed by atoms with E-state index in [9.17, 15) is 26.4 Å². The van der Waals surface area contributed by atoms with Crippen molar-refractivity contribution in [2.45, 2.75) is 24.5 Å². The summed E-state index contributed by atoms with van der Waals surface area (Å²) in [6.07, 6.45) is -2.65.